The van der Waals surface area contributed by atoms with Gasteiger partial charge in [0.1, 0.15) is 11.6 Å². The van der Waals surface area contributed by atoms with E-state index in [0.717, 1.165) is 23.0 Å². The summed E-state index contributed by atoms with van der Waals surface area (Å²) in [7, 11) is -3.89. The van der Waals surface area contributed by atoms with Crippen LogP contribution in [0.15, 0.2) is 83.8 Å². The maximum atomic E-state index is 13.4. The Hall–Kier alpha value is -3.98. The molecule has 0 atom stereocenters. The number of sulfonamides is 1. The van der Waals surface area contributed by atoms with Crippen LogP contribution in [0.3, 0.4) is 0 Å². The van der Waals surface area contributed by atoms with Crippen LogP contribution in [0.25, 0.3) is 0 Å². The minimum atomic E-state index is -3.89. The average molecular weight is 464 g/mol. The lowest BCUT2D eigenvalue weighted by Gasteiger charge is -2.12. The van der Waals surface area contributed by atoms with E-state index in [-0.39, 0.29) is 4.90 Å². The fourth-order valence-electron chi connectivity index (χ4n) is 3.07. The first-order valence-electron chi connectivity index (χ1n) is 10.1. The molecule has 1 heterocycles. The summed E-state index contributed by atoms with van der Waals surface area (Å²) in [5.41, 5.74) is 3.89. The molecule has 3 aromatic carbocycles. The number of nitrogens with zero attached hydrogens (tertiary/aromatic N) is 2. The number of hydrogen-bond donors (Lipinski definition) is 3. The summed E-state index contributed by atoms with van der Waals surface area (Å²) >= 11 is 0. The van der Waals surface area contributed by atoms with Gasteiger partial charge in [0.25, 0.3) is 10.0 Å². The van der Waals surface area contributed by atoms with Crippen molar-refractivity contribution < 1.29 is 12.8 Å². The van der Waals surface area contributed by atoms with E-state index in [1.165, 1.54) is 18.2 Å². The Morgan fingerprint density at radius 3 is 2.09 bits per heavy atom. The Morgan fingerprint density at radius 2 is 1.39 bits per heavy atom. The van der Waals surface area contributed by atoms with E-state index in [4.69, 9.17) is 0 Å². The van der Waals surface area contributed by atoms with Crippen molar-refractivity contribution >= 4 is 38.9 Å². The zero-order valence-electron chi connectivity index (χ0n) is 18.0. The topological polar surface area (TPSA) is 96.0 Å². The van der Waals surface area contributed by atoms with Crippen molar-refractivity contribution in [3.05, 3.63) is 95.9 Å². The molecule has 0 unspecified atom stereocenters. The summed E-state index contributed by atoms with van der Waals surface area (Å²) in [5.74, 6) is 0.430. The van der Waals surface area contributed by atoms with E-state index in [1.54, 1.807) is 30.3 Å². The number of nitrogens with one attached hydrogen (secondary N) is 3. The number of aryl methyl sites for hydroxylation is 2. The van der Waals surface area contributed by atoms with Crippen LogP contribution in [0, 0.1) is 19.7 Å². The Kier molecular flexibility index (Phi) is 6.23. The molecule has 0 bridgehead atoms. The fraction of sp³-hybridized carbons (Fsp3) is 0.0833. The van der Waals surface area contributed by atoms with Gasteiger partial charge in [-0.25, -0.2) is 17.8 Å². The minimum Gasteiger partial charge on any atom is -0.340 e. The standard InChI is InChI=1S/C24H22FN5O2S/c1-16-6-8-20(9-7-16)28-24-26-17(2)14-23(29-24)27-19-10-12-21(13-11-19)30-33(31,32)22-5-3-4-18(25)15-22/h3-15,30H,1-2H3,(H2,26,27,28,29). The van der Waals surface area contributed by atoms with Gasteiger partial charge in [-0.3, -0.25) is 4.72 Å². The summed E-state index contributed by atoms with van der Waals surface area (Å²) < 4.78 is 40.7. The summed E-state index contributed by atoms with van der Waals surface area (Å²) in [6.07, 6.45) is 0. The van der Waals surface area contributed by atoms with Crippen molar-refractivity contribution in [3.8, 4) is 0 Å². The quantitative estimate of drug-likeness (QED) is 0.334. The van der Waals surface area contributed by atoms with Crippen molar-refractivity contribution in [2.75, 3.05) is 15.4 Å². The molecule has 168 valence electrons. The van der Waals surface area contributed by atoms with Crippen LogP contribution < -0.4 is 15.4 Å². The lowest BCUT2D eigenvalue weighted by Crippen LogP contribution is -2.13. The van der Waals surface area contributed by atoms with Crippen LogP contribution in [0.1, 0.15) is 11.3 Å². The second-order valence-electron chi connectivity index (χ2n) is 7.47. The van der Waals surface area contributed by atoms with E-state index in [9.17, 15) is 12.8 Å². The number of rotatable bonds is 7. The van der Waals surface area contributed by atoms with Crippen LogP contribution in [-0.2, 0) is 10.0 Å². The van der Waals surface area contributed by atoms with Gasteiger partial charge in [0, 0.05) is 28.8 Å². The molecule has 7 nitrogen and oxygen atoms in total. The first-order valence-corrected chi connectivity index (χ1v) is 11.6. The van der Waals surface area contributed by atoms with Crippen LogP contribution in [0.2, 0.25) is 0 Å². The second-order valence-corrected chi connectivity index (χ2v) is 9.16. The lowest BCUT2D eigenvalue weighted by molar-refractivity contribution is 0.595. The molecule has 0 aliphatic carbocycles. The van der Waals surface area contributed by atoms with Gasteiger partial charge in [0.15, 0.2) is 0 Å². The molecule has 0 aliphatic rings. The van der Waals surface area contributed by atoms with Gasteiger partial charge in [0.2, 0.25) is 5.95 Å². The molecule has 4 aromatic rings. The van der Waals surface area contributed by atoms with Gasteiger partial charge in [-0.15, -0.1) is 0 Å². The smallest absolute Gasteiger partial charge is 0.261 e. The van der Waals surface area contributed by atoms with E-state index < -0.39 is 15.8 Å². The molecular weight excluding hydrogens is 441 g/mol. The fourth-order valence-corrected chi connectivity index (χ4v) is 4.16. The molecule has 9 heteroatoms. The predicted molar refractivity (Wildman–Crippen MR) is 128 cm³/mol. The zero-order valence-corrected chi connectivity index (χ0v) is 18.8. The van der Waals surface area contributed by atoms with E-state index in [1.807, 2.05) is 38.1 Å². The molecule has 0 fully saturated rings. The maximum Gasteiger partial charge on any atom is 0.261 e. The molecular formula is C24H22FN5O2S. The first-order chi connectivity index (χ1) is 15.8. The molecule has 33 heavy (non-hydrogen) atoms. The first kappa shape index (κ1) is 22.2. The number of aromatic nitrogens is 2. The highest BCUT2D eigenvalue weighted by molar-refractivity contribution is 7.92. The third-order valence-electron chi connectivity index (χ3n) is 4.68. The lowest BCUT2D eigenvalue weighted by atomic mass is 10.2. The van der Waals surface area contributed by atoms with Crippen molar-refractivity contribution in [3.63, 3.8) is 0 Å². The summed E-state index contributed by atoms with van der Waals surface area (Å²) in [6, 6.07) is 21.2. The minimum absolute atomic E-state index is 0.144. The number of hydrogen-bond acceptors (Lipinski definition) is 6. The van der Waals surface area contributed by atoms with Gasteiger partial charge in [-0.1, -0.05) is 23.8 Å². The van der Waals surface area contributed by atoms with Crippen molar-refractivity contribution in [2.45, 2.75) is 18.7 Å². The molecule has 3 N–H and O–H groups in total. The molecule has 0 spiro atoms. The van der Waals surface area contributed by atoms with Gasteiger partial charge >= 0.3 is 0 Å². The van der Waals surface area contributed by atoms with Gasteiger partial charge < -0.3 is 10.6 Å². The number of halogens is 1. The SMILES string of the molecule is Cc1ccc(Nc2nc(C)cc(Nc3ccc(NS(=O)(=O)c4cccc(F)c4)cc3)n2)cc1. The monoisotopic (exact) mass is 463 g/mol. The van der Waals surface area contributed by atoms with Crippen LogP contribution in [-0.4, -0.2) is 18.4 Å². The van der Waals surface area contributed by atoms with Gasteiger partial charge in [0.05, 0.1) is 4.90 Å². The third-order valence-corrected chi connectivity index (χ3v) is 6.06. The highest BCUT2D eigenvalue weighted by atomic mass is 32.2. The van der Waals surface area contributed by atoms with Crippen molar-refractivity contribution in [2.24, 2.45) is 0 Å². The summed E-state index contributed by atoms with van der Waals surface area (Å²) in [5, 5.41) is 6.38. The molecule has 0 amide bonds. The third kappa shape index (κ3) is 5.83. The summed E-state index contributed by atoms with van der Waals surface area (Å²) in [6.45, 7) is 3.89. The van der Waals surface area contributed by atoms with Crippen molar-refractivity contribution in [1.82, 2.24) is 9.97 Å². The molecule has 0 radical (unpaired) electrons. The normalized spacial score (nSPS) is 11.1. The molecule has 0 aliphatic heterocycles. The highest BCUT2D eigenvalue weighted by Gasteiger charge is 2.15. The second kappa shape index (κ2) is 9.25. The summed E-state index contributed by atoms with van der Waals surface area (Å²) in [4.78, 5) is 8.77. The molecule has 0 saturated heterocycles. The Labute approximate surface area is 191 Å². The van der Waals surface area contributed by atoms with Crippen LogP contribution in [0.4, 0.5) is 33.2 Å². The Morgan fingerprint density at radius 1 is 0.758 bits per heavy atom. The Bertz CT molecular complexity index is 1380. The molecule has 4 rings (SSSR count). The van der Waals surface area contributed by atoms with Crippen LogP contribution in [0.5, 0.6) is 0 Å². The maximum absolute atomic E-state index is 13.4. The average Bonchev–Trinajstić information content (AvgIpc) is 2.76. The van der Waals surface area contributed by atoms with Gasteiger partial charge in [-0.2, -0.15) is 4.98 Å². The van der Waals surface area contributed by atoms with E-state index >= 15 is 0 Å². The number of anilines is 5. The van der Waals surface area contributed by atoms with Gasteiger partial charge in [-0.05, 0) is 68.4 Å². The van der Waals surface area contributed by atoms with Crippen LogP contribution >= 0.6 is 0 Å². The molecule has 0 saturated carbocycles. The largest absolute Gasteiger partial charge is 0.340 e. The molecule has 1 aromatic heterocycles. The Balaban J connectivity index is 1.46. The number of benzene rings is 3. The predicted octanol–water partition coefficient (Wildman–Crippen LogP) is 5.52. The zero-order chi connectivity index (χ0) is 23.4. The van der Waals surface area contributed by atoms with E-state index in [0.29, 0.717) is 23.1 Å². The van der Waals surface area contributed by atoms with E-state index in [2.05, 4.69) is 25.3 Å². The van der Waals surface area contributed by atoms with Crippen molar-refractivity contribution in [1.29, 1.82) is 0 Å². The highest BCUT2D eigenvalue weighted by Crippen LogP contribution is 2.22.